The van der Waals surface area contributed by atoms with Crippen molar-refractivity contribution in [2.45, 2.75) is 12.0 Å². The van der Waals surface area contributed by atoms with E-state index in [2.05, 4.69) is 21.9 Å². The van der Waals surface area contributed by atoms with Gasteiger partial charge in [0.25, 0.3) is 11.8 Å². The van der Waals surface area contributed by atoms with E-state index in [1.807, 2.05) is 6.07 Å². The molecule has 3 N–H and O–H groups in total. The molecule has 2 aromatic heterocycles. The van der Waals surface area contributed by atoms with Crippen LogP contribution in [0.4, 0.5) is 0 Å². The molecule has 0 aliphatic carbocycles. The summed E-state index contributed by atoms with van der Waals surface area (Å²) in [5.41, 5.74) is 6.54. The largest absolute Gasteiger partial charge is 0.369 e. The molecule has 1 atom stereocenters. The van der Waals surface area contributed by atoms with Gasteiger partial charge in [0, 0.05) is 43.6 Å². The molecule has 0 spiro atoms. The third-order valence-corrected chi connectivity index (χ3v) is 5.06. The number of nitrogens with zero attached hydrogens (tertiary/aromatic N) is 4. The fourth-order valence-electron chi connectivity index (χ4n) is 3.38. The van der Waals surface area contributed by atoms with Gasteiger partial charge in [0.15, 0.2) is 0 Å². The predicted octanol–water partition coefficient (Wildman–Crippen LogP) is 0.679. The van der Waals surface area contributed by atoms with E-state index < -0.39 is 17.4 Å². The number of carbonyl (C=O) groups excluding carboxylic acids is 2. The van der Waals surface area contributed by atoms with Crippen LogP contribution in [0.15, 0.2) is 36.5 Å². The molecule has 1 aliphatic heterocycles. The van der Waals surface area contributed by atoms with Gasteiger partial charge in [0.2, 0.25) is 5.60 Å². The number of hydrogen-bond acceptors (Lipinski definition) is 5. The maximum absolute atomic E-state index is 12.1. The van der Waals surface area contributed by atoms with E-state index in [1.165, 1.54) is 4.90 Å². The minimum absolute atomic E-state index is 0.140. The Morgan fingerprint density at radius 3 is 2.79 bits per heavy atom. The summed E-state index contributed by atoms with van der Waals surface area (Å²) in [4.78, 5) is 29.7. The lowest BCUT2D eigenvalue weighted by Crippen LogP contribution is -2.37. The van der Waals surface area contributed by atoms with Crippen LogP contribution >= 0.6 is 0 Å². The number of likely N-dealkylation sites (N-methyl/N-ethyl adjacent to an activating group) is 1. The first-order chi connectivity index (χ1) is 13.8. The zero-order valence-corrected chi connectivity index (χ0v) is 16.0. The number of aliphatic hydroxyl groups is 1. The van der Waals surface area contributed by atoms with Gasteiger partial charge in [-0.15, -0.1) is 0 Å². The molecule has 0 bridgehead atoms. The number of aromatic nitrogens is 3. The molecule has 1 saturated heterocycles. The van der Waals surface area contributed by atoms with Crippen LogP contribution in [-0.4, -0.2) is 55.8 Å². The Bertz CT molecular complexity index is 1220. The smallest absolute Gasteiger partial charge is 0.267 e. The summed E-state index contributed by atoms with van der Waals surface area (Å²) in [6, 6.07) is 8.82. The number of primary amides is 1. The summed E-state index contributed by atoms with van der Waals surface area (Å²) in [6.07, 6.45) is 1.95. The van der Waals surface area contributed by atoms with E-state index in [0.717, 1.165) is 16.5 Å². The second-order valence-corrected chi connectivity index (χ2v) is 7.09. The van der Waals surface area contributed by atoms with Gasteiger partial charge in [-0.2, -0.15) is 5.10 Å². The Morgan fingerprint density at radius 1 is 1.31 bits per heavy atom. The third-order valence-electron chi connectivity index (χ3n) is 5.06. The van der Waals surface area contributed by atoms with Crippen molar-refractivity contribution in [2.75, 3.05) is 13.6 Å². The van der Waals surface area contributed by atoms with Gasteiger partial charge in [-0.1, -0.05) is 24.0 Å². The molecular weight excluding hydrogens is 370 g/mol. The van der Waals surface area contributed by atoms with Crippen molar-refractivity contribution in [2.24, 2.45) is 12.8 Å². The van der Waals surface area contributed by atoms with Crippen molar-refractivity contribution >= 4 is 22.7 Å². The first-order valence-electron chi connectivity index (χ1n) is 9.02. The average molecular weight is 389 g/mol. The number of hydrogen-bond donors (Lipinski definition) is 2. The molecule has 0 unspecified atom stereocenters. The van der Waals surface area contributed by atoms with Gasteiger partial charge in [0.1, 0.15) is 5.69 Å². The SMILES string of the molecule is CN1CC[C@@](O)(C#Cc2cccc(-c3nc(C(N)=O)cc4c3cnn4C)c2)C1=O. The molecule has 146 valence electrons. The Morgan fingerprint density at radius 2 is 2.10 bits per heavy atom. The van der Waals surface area contributed by atoms with Crippen molar-refractivity contribution in [3.05, 3.63) is 47.8 Å². The quantitative estimate of drug-likeness (QED) is 0.626. The molecule has 1 fully saturated rings. The highest BCUT2D eigenvalue weighted by atomic mass is 16.3. The normalized spacial score (nSPS) is 18.7. The first-order valence-corrected chi connectivity index (χ1v) is 9.02. The topological polar surface area (TPSA) is 114 Å². The number of nitrogens with two attached hydrogens (primary N) is 1. The van der Waals surface area contributed by atoms with Crippen molar-refractivity contribution in [3.63, 3.8) is 0 Å². The molecule has 0 radical (unpaired) electrons. The lowest BCUT2D eigenvalue weighted by Gasteiger charge is -2.13. The van der Waals surface area contributed by atoms with E-state index in [9.17, 15) is 14.7 Å². The zero-order valence-electron chi connectivity index (χ0n) is 16.0. The Labute approximate surface area is 166 Å². The molecule has 1 aromatic carbocycles. The van der Waals surface area contributed by atoms with Crippen LogP contribution in [0.1, 0.15) is 22.5 Å². The fourth-order valence-corrected chi connectivity index (χ4v) is 3.38. The highest BCUT2D eigenvalue weighted by Crippen LogP contribution is 2.28. The number of rotatable bonds is 2. The number of fused-ring (bicyclic) bond motifs is 1. The summed E-state index contributed by atoms with van der Waals surface area (Å²) in [5, 5.41) is 15.5. The lowest BCUT2D eigenvalue weighted by molar-refractivity contribution is -0.137. The number of aryl methyl sites for hydroxylation is 1. The molecular formula is C21H19N5O3. The second-order valence-electron chi connectivity index (χ2n) is 7.09. The van der Waals surface area contributed by atoms with Crippen LogP contribution in [0.3, 0.4) is 0 Å². The van der Waals surface area contributed by atoms with E-state index in [4.69, 9.17) is 5.73 Å². The van der Waals surface area contributed by atoms with Gasteiger partial charge in [-0.05, 0) is 18.2 Å². The summed E-state index contributed by atoms with van der Waals surface area (Å²) < 4.78 is 1.65. The molecule has 3 aromatic rings. The van der Waals surface area contributed by atoms with E-state index in [-0.39, 0.29) is 12.1 Å². The van der Waals surface area contributed by atoms with E-state index in [1.54, 1.807) is 49.2 Å². The van der Waals surface area contributed by atoms with Gasteiger partial charge >= 0.3 is 0 Å². The molecule has 3 heterocycles. The van der Waals surface area contributed by atoms with Crippen molar-refractivity contribution < 1.29 is 14.7 Å². The van der Waals surface area contributed by atoms with Crippen molar-refractivity contribution in [3.8, 4) is 23.1 Å². The summed E-state index contributed by atoms with van der Waals surface area (Å²) in [7, 11) is 3.41. The molecule has 4 rings (SSSR count). The zero-order chi connectivity index (χ0) is 20.8. The number of amides is 2. The molecule has 0 saturated carbocycles. The summed E-state index contributed by atoms with van der Waals surface area (Å²) in [5.74, 6) is 4.58. The highest BCUT2D eigenvalue weighted by molar-refractivity contribution is 5.99. The van der Waals surface area contributed by atoms with Crippen LogP contribution in [0.5, 0.6) is 0 Å². The molecule has 8 heteroatoms. The molecule has 1 aliphatic rings. The fraction of sp³-hybridized carbons (Fsp3) is 0.238. The standard InChI is InChI=1S/C21H19N5O3/c1-25-9-8-21(29,20(25)28)7-6-13-4-3-5-14(10-13)18-15-12-23-26(2)17(15)11-16(24-18)19(22)27/h3-5,10-12,29H,8-9H2,1-2H3,(H2,22,27)/t21-/m0/s1. The Kier molecular flexibility index (Phi) is 4.32. The summed E-state index contributed by atoms with van der Waals surface area (Å²) in [6.45, 7) is 0.465. The monoisotopic (exact) mass is 389 g/mol. The van der Waals surface area contributed by atoms with Gasteiger partial charge < -0.3 is 15.7 Å². The number of pyridine rings is 1. The predicted molar refractivity (Wildman–Crippen MR) is 107 cm³/mol. The van der Waals surface area contributed by atoms with Crippen LogP contribution in [-0.2, 0) is 11.8 Å². The second kappa shape index (κ2) is 6.72. The van der Waals surface area contributed by atoms with Crippen molar-refractivity contribution in [1.82, 2.24) is 19.7 Å². The summed E-state index contributed by atoms with van der Waals surface area (Å²) >= 11 is 0. The average Bonchev–Trinajstić information content (AvgIpc) is 3.21. The van der Waals surface area contributed by atoms with Crippen LogP contribution < -0.4 is 5.73 Å². The van der Waals surface area contributed by atoms with Gasteiger partial charge in [-0.3, -0.25) is 14.3 Å². The molecule has 29 heavy (non-hydrogen) atoms. The maximum Gasteiger partial charge on any atom is 0.267 e. The van der Waals surface area contributed by atoms with Crippen molar-refractivity contribution in [1.29, 1.82) is 0 Å². The Balaban J connectivity index is 1.79. The molecule has 8 nitrogen and oxygen atoms in total. The minimum atomic E-state index is -1.66. The first kappa shape index (κ1) is 18.7. The minimum Gasteiger partial charge on any atom is -0.369 e. The number of carbonyl (C=O) groups is 2. The third kappa shape index (κ3) is 3.22. The maximum atomic E-state index is 12.1. The number of likely N-dealkylation sites (tertiary alicyclic amines) is 1. The Hall–Kier alpha value is -3.70. The van der Waals surface area contributed by atoms with Gasteiger partial charge in [0.05, 0.1) is 17.4 Å². The van der Waals surface area contributed by atoms with Crippen LogP contribution in [0.25, 0.3) is 22.2 Å². The number of benzene rings is 1. The van der Waals surface area contributed by atoms with Gasteiger partial charge in [-0.25, -0.2) is 4.98 Å². The highest BCUT2D eigenvalue weighted by Gasteiger charge is 2.42. The van der Waals surface area contributed by atoms with E-state index >= 15 is 0 Å². The van der Waals surface area contributed by atoms with E-state index in [0.29, 0.717) is 17.8 Å². The molecule has 2 amide bonds. The van der Waals surface area contributed by atoms with Crippen LogP contribution in [0.2, 0.25) is 0 Å². The van der Waals surface area contributed by atoms with Crippen LogP contribution in [0, 0.1) is 11.8 Å². The lowest BCUT2D eigenvalue weighted by atomic mass is 10.0.